The number of carbonyl (C=O) groups is 1. The summed E-state index contributed by atoms with van der Waals surface area (Å²) in [5.41, 5.74) is 0.116. The minimum atomic E-state index is -3.48. The SMILES string of the molecule is O=C(Cc1ccc(S(=O)(=O)N2CCCCC2)s1)Nc1ccccc1F. The van der Waals surface area contributed by atoms with Crippen LogP contribution in [0.3, 0.4) is 0 Å². The molecular formula is C17H19FN2O3S2. The summed E-state index contributed by atoms with van der Waals surface area (Å²) in [6, 6.07) is 9.11. The van der Waals surface area contributed by atoms with Crippen LogP contribution in [0, 0.1) is 5.82 Å². The van der Waals surface area contributed by atoms with E-state index in [1.54, 1.807) is 24.3 Å². The molecule has 0 saturated carbocycles. The summed E-state index contributed by atoms with van der Waals surface area (Å²) in [5.74, 6) is -0.885. The van der Waals surface area contributed by atoms with Gasteiger partial charge in [0, 0.05) is 18.0 Å². The molecule has 1 aromatic carbocycles. The lowest BCUT2D eigenvalue weighted by atomic mass is 10.2. The van der Waals surface area contributed by atoms with Crippen LogP contribution in [0.15, 0.2) is 40.6 Å². The minimum Gasteiger partial charge on any atom is -0.323 e. The largest absolute Gasteiger partial charge is 0.323 e. The lowest BCUT2D eigenvalue weighted by molar-refractivity contribution is -0.115. The number of halogens is 1. The fourth-order valence-corrected chi connectivity index (χ4v) is 5.77. The first kappa shape index (κ1) is 18.0. The molecule has 25 heavy (non-hydrogen) atoms. The van der Waals surface area contributed by atoms with E-state index in [0.717, 1.165) is 30.6 Å². The summed E-state index contributed by atoms with van der Waals surface area (Å²) in [5, 5.41) is 2.50. The van der Waals surface area contributed by atoms with Crippen molar-refractivity contribution in [3.05, 3.63) is 47.1 Å². The molecule has 1 saturated heterocycles. The number of anilines is 1. The Balaban J connectivity index is 1.67. The molecule has 0 radical (unpaired) electrons. The summed E-state index contributed by atoms with van der Waals surface area (Å²) in [7, 11) is -3.48. The zero-order valence-electron chi connectivity index (χ0n) is 13.6. The Morgan fingerprint density at radius 2 is 1.84 bits per heavy atom. The lowest BCUT2D eigenvalue weighted by Crippen LogP contribution is -2.35. The van der Waals surface area contributed by atoms with E-state index >= 15 is 0 Å². The minimum absolute atomic E-state index is 0.00845. The van der Waals surface area contributed by atoms with Crippen molar-refractivity contribution in [3.63, 3.8) is 0 Å². The van der Waals surface area contributed by atoms with E-state index in [2.05, 4.69) is 5.32 Å². The average molecular weight is 382 g/mol. The summed E-state index contributed by atoms with van der Waals surface area (Å²) >= 11 is 1.09. The van der Waals surface area contributed by atoms with Crippen molar-refractivity contribution < 1.29 is 17.6 Å². The van der Waals surface area contributed by atoms with Gasteiger partial charge in [-0.25, -0.2) is 12.8 Å². The maximum absolute atomic E-state index is 13.6. The van der Waals surface area contributed by atoms with Crippen molar-refractivity contribution in [3.8, 4) is 0 Å². The van der Waals surface area contributed by atoms with E-state index in [1.165, 1.54) is 16.4 Å². The number of nitrogens with zero attached hydrogens (tertiary/aromatic N) is 1. The zero-order valence-corrected chi connectivity index (χ0v) is 15.2. The van der Waals surface area contributed by atoms with Crippen LogP contribution < -0.4 is 5.32 Å². The molecule has 2 aromatic rings. The van der Waals surface area contributed by atoms with Gasteiger partial charge in [-0.15, -0.1) is 11.3 Å². The number of sulfonamides is 1. The monoisotopic (exact) mass is 382 g/mol. The number of rotatable bonds is 5. The third-order valence-corrected chi connectivity index (χ3v) is 7.48. The molecule has 1 fully saturated rings. The highest BCUT2D eigenvalue weighted by Crippen LogP contribution is 2.27. The number of piperidine rings is 1. The van der Waals surface area contributed by atoms with E-state index in [4.69, 9.17) is 0 Å². The molecule has 1 aliphatic heterocycles. The van der Waals surface area contributed by atoms with Gasteiger partial charge < -0.3 is 5.32 Å². The van der Waals surface area contributed by atoms with E-state index in [9.17, 15) is 17.6 Å². The van der Waals surface area contributed by atoms with Crippen molar-refractivity contribution in [2.75, 3.05) is 18.4 Å². The van der Waals surface area contributed by atoms with E-state index in [0.29, 0.717) is 18.0 Å². The standard InChI is InChI=1S/C17H19FN2O3S2/c18-14-6-2-3-7-15(14)19-16(21)12-13-8-9-17(24-13)25(22,23)20-10-4-1-5-11-20/h2-3,6-9H,1,4-5,10-12H2,(H,19,21). The second kappa shape index (κ2) is 7.63. The van der Waals surface area contributed by atoms with Gasteiger partial charge in [-0.3, -0.25) is 4.79 Å². The van der Waals surface area contributed by atoms with Crippen LogP contribution in [-0.2, 0) is 21.2 Å². The molecule has 2 heterocycles. The molecule has 5 nitrogen and oxygen atoms in total. The van der Waals surface area contributed by atoms with E-state index < -0.39 is 15.8 Å². The third-order valence-electron chi connectivity index (χ3n) is 4.03. The molecule has 1 N–H and O–H groups in total. The van der Waals surface area contributed by atoms with Crippen LogP contribution in [0.4, 0.5) is 10.1 Å². The third kappa shape index (κ3) is 4.26. The van der Waals surface area contributed by atoms with Gasteiger partial charge in [0.2, 0.25) is 5.91 Å². The van der Waals surface area contributed by atoms with Gasteiger partial charge in [0.1, 0.15) is 10.0 Å². The number of hydrogen-bond acceptors (Lipinski definition) is 4. The number of para-hydroxylation sites is 1. The van der Waals surface area contributed by atoms with Gasteiger partial charge in [0.25, 0.3) is 10.0 Å². The van der Waals surface area contributed by atoms with Gasteiger partial charge in [-0.2, -0.15) is 4.31 Å². The van der Waals surface area contributed by atoms with Gasteiger partial charge in [-0.1, -0.05) is 18.6 Å². The molecule has 8 heteroatoms. The van der Waals surface area contributed by atoms with Crippen LogP contribution >= 0.6 is 11.3 Å². The van der Waals surface area contributed by atoms with Gasteiger partial charge in [0.05, 0.1) is 12.1 Å². The highest BCUT2D eigenvalue weighted by atomic mass is 32.2. The van der Waals surface area contributed by atoms with Crippen LogP contribution in [0.25, 0.3) is 0 Å². The first-order valence-corrected chi connectivity index (χ1v) is 10.4. The first-order valence-electron chi connectivity index (χ1n) is 8.10. The summed E-state index contributed by atoms with van der Waals surface area (Å²) in [4.78, 5) is 12.7. The number of thiophene rings is 1. The van der Waals surface area contributed by atoms with E-state index in [-0.39, 0.29) is 22.2 Å². The first-order chi connectivity index (χ1) is 12.0. The number of benzene rings is 1. The lowest BCUT2D eigenvalue weighted by Gasteiger charge is -2.25. The van der Waals surface area contributed by atoms with Crippen LogP contribution in [0.5, 0.6) is 0 Å². The van der Waals surface area contributed by atoms with Crippen molar-refractivity contribution in [1.29, 1.82) is 0 Å². The molecule has 0 atom stereocenters. The smallest absolute Gasteiger partial charge is 0.252 e. The zero-order chi connectivity index (χ0) is 17.9. The number of amides is 1. The maximum Gasteiger partial charge on any atom is 0.252 e. The highest BCUT2D eigenvalue weighted by Gasteiger charge is 2.27. The molecule has 1 aliphatic rings. The average Bonchev–Trinajstić information content (AvgIpc) is 3.07. The Hall–Kier alpha value is -1.77. The van der Waals surface area contributed by atoms with Gasteiger partial charge in [0.15, 0.2) is 0 Å². The van der Waals surface area contributed by atoms with Crippen molar-refractivity contribution in [1.82, 2.24) is 4.31 Å². The number of nitrogens with one attached hydrogen (secondary N) is 1. The Labute approximate surface area is 150 Å². The molecule has 134 valence electrons. The number of hydrogen-bond donors (Lipinski definition) is 1. The Morgan fingerprint density at radius 1 is 1.12 bits per heavy atom. The molecule has 0 aliphatic carbocycles. The van der Waals surface area contributed by atoms with Crippen LogP contribution in [0.1, 0.15) is 24.1 Å². The Morgan fingerprint density at radius 3 is 2.56 bits per heavy atom. The molecule has 0 spiro atoms. The number of carbonyl (C=O) groups excluding carboxylic acids is 1. The molecule has 1 amide bonds. The quantitative estimate of drug-likeness (QED) is 0.863. The Bertz CT molecular complexity index is 858. The molecule has 1 aromatic heterocycles. The normalized spacial score (nSPS) is 15.9. The summed E-state index contributed by atoms with van der Waals surface area (Å²) in [6.07, 6.45) is 2.82. The molecule has 3 rings (SSSR count). The fraction of sp³-hybridized carbons (Fsp3) is 0.353. The summed E-state index contributed by atoms with van der Waals surface area (Å²) in [6.45, 7) is 1.09. The topological polar surface area (TPSA) is 66.5 Å². The predicted molar refractivity (Wildman–Crippen MR) is 95.7 cm³/mol. The van der Waals surface area contributed by atoms with E-state index in [1.807, 2.05) is 0 Å². The second-order valence-electron chi connectivity index (χ2n) is 5.89. The van der Waals surface area contributed by atoms with Crippen molar-refractivity contribution in [2.45, 2.75) is 29.9 Å². The van der Waals surface area contributed by atoms with Gasteiger partial charge in [-0.05, 0) is 37.1 Å². The highest BCUT2D eigenvalue weighted by molar-refractivity contribution is 7.91. The molecule has 0 unspecified atom stereocenters. The van der Waals surface area contributed by atoms with Crippen molar-refractivity contribution >= 4 is 33.0 Å². The predicted octanol–water partition coefficient (Wildman–Crippen LogP) is 3.24. The second-order valence-corrected chi connectivity index (χ2v) is 9.22. The summed E-state index contributed by atoms with van der Waals surface area (Å²) < 4.78 is 40.5. The van der Waals surface area contributed by atoms with Crippen molar-refractivity contribution in [2.24, 2.45) is 0 Å². The molecule has 0 bridgehead atoms. The van der Waals surface area contributed by atoms with Crippen LogP contribution in [-0.4, -0.2) is 31.7 Å². The van der Waals surface area contributed by atoms with Crippen LogP contribution in [0.2, 0.25) is 0 Å². The maximum atomic E-state index is 13.6. The fourth-order valence-electron chi connectivity index (χ4n) is 2.74. The molecular weight excluding hydrogens is 363 g/mol. The Kier molecular flexibility index (Phi) is 5.51. The van der Waals surface area contributed by atoms with Gasteiger partial charge >= 0.3 is 0 Å².